The van der Waals surface area contributed by atoms with E-state index in [0.29, 0.717) is 5.92 Å². The average molecular weight is 262 g/mol. The van der Waals surface area contributed by atoms with Crippen LogP contribution in [0.5, 0.6) is 0 Å². The molecule has 2 aromatic rings. The average Bonchev–Trinajstić information content (AvgIpc) is 2.82. The molecule has 0 aliphatic rings. The summed E-state index contributed by atoms with van der Waals surface area (Å²) in [5.74, 6) is 2.87. The van der Waals surface area contributed by atoms with E-state index in [0.717, 1.165) is 29.7 Å². The van der Waals surface area contributed by atoms with Crippen molar-refractivity contribution >= 4 is 28.7 Å². The van der Waals surface area contributed by atoms with Crippen molar-refractivity contribution in [3.8, 4) is 0 Å². The molecule has 0 saturated heterocycles. The number of rotatable bonds is 5. The highest BCUT2D eigenvalue weighted by Gasteiger charge is 2.08. The fourth-order valence-corrected chi connectivity index (χ4v) is 2.13. The molecule has 2 N–H and O–H groups in total. The van der Waals surface area contributed by atoms with Crippen LogP contribution in [0, 0.1) is 0 Å². The van der Waals surface area contributed by atoms with E-state index in [2.05, 4.69) is 46.8 Å². The maximum atomic E-state index is 4.53. The van der Waals surface area contributed by atoms with Gasteiger partial charge in [-0.25, -0.2) is 9.97 Å². The van der Waals surface area contributed by atoms with Gasteiger partial charge < -0.3 is 10.6 Å². The van der Waals surface area contributed by atoms with Crippen LogP contribution >= 0.6 is 11.3 Å². The largest absolute Gasteiger partial charge is 0.370 e. The zero-order valence-electron chi connectivity index (χ0n) is 10.9. The van der Waals surface area contributed by atoms with Crippen molar-refractivity contribution in [2.75, 3.05) is 17.2 Å². The van der Waals surface area contributed by atoms with Crippen LogP contribution in [0.3, 0.4) is 0 Å². The van der Waals surface area contributed by atoms with Gasteiger partial charge in [0.2, 0.25) is 0 Å². The van der Waals surface area contributed by atoms with Crippen molar-refractivity contribution in [2.24, 2.45) is 0 Å². The summed E-state index contributed by atoms with van der Waals surface area (Å²) in [6.45, 7) is 7.11. The zero-order valence-corrected chi connectivity index (χ0v) is 11.7. The smallest absolute Gasteiger partial charge is 0.136 e. The molecule has 4 nitrogen and oxygen atoms in total. The molecule has 18 heavy (non-hydrogen) atoms. The van der Waals surface area contributed by atoms with Gasteiger partial charge in [-0.15, -0.1) is 0 Å². The van der Waals surface area contributed by atoms with Gasteiger partial charge in [0.1, 0.15) is 17.5 Å². The number of hydrogen-bond acceptors (Lipinski definition) is 5. The summed E-state index contributed by atoms with van der Waals surface area (Å²) in [5.41, 5.74) is 1.07. The van der Waals surface area contributed by atoms with E-state index in [1.54, 1.807) is 11.3 Å². The van der Waals surface area contributed by atoms with Crippen molar-refractivity contribution in [3.63, 3.8) is 0 Å². The minimum atomic E-state index is 0.312. The molecular formula is C13H18N4S. The summed E-state index contributed by atoms with van der Waals surface area (Å²) in [7, 11) is 0. The Labute approximate surface area is 111 Å². The molecule has 2 rings (SSSR count). The Balaban J connectivity index is 2.27. The molecule has 0 amide bonds. The van der Waals surface area contributed by atoms with Gasteiger partial charge in [-0.3, -0.25) is 0 Å². The standard InChI is InChI=1S/C13H18N4S/c1-4-14-11-7-12(15-10-5-6-18-8-10)17-13(16-11)9(2)3/h5-9H,4H2,1-3H3,(H2,14,15,16,17). The predicted octanol–water partition coefficient (Wildman–Crippen LogP) is 3.84. The topological polar surface area (TPSA) is 49.8 Å². The molecular weight excluding hydrogens is 244 g/mol. The lowest BCUT2D eigenvalue weighted by molar-refractivity contribution is 0.777. The van der Waals surface area contributed by atoms with Gasteiger partial charge in [0.25, 0.3) is 0 Å². The lowest BCUT2D eigenvalue weighted by Crippen LogP contribution is -2.07. The molecule has 96 valence electrons. The van der Waals surface area contributed by atoms with Crippen LogP contribution in [-0.4, -0.2) is 16.5 Å². The number of anilines is 3. The second kappa shape index (κ2) is 5.82. The zero-order chi connectivity index (χ0) is 13.0. The molecule has 0 fully saturated rings. The SMILES string of the molecule is CCNc1cc(Nc2ccsc2)nc(C(C)C)n1. The molecule has 0 unspecified atom stereocenters. The Kier molecular flexibility index (Phi) is 4.15. The Bertz CT molecular complexity index is 494. The predicted molar refractivity (Wildman–Crippen MR) is 77.9 cm³/mol. The molecule has 0 aliphatic heterocycles. The van der Waals surface area contributed by atoms with E-state index in [-0.39, 0.29) is 0 Å². The van der Waals surface area contributed by atoms with Crippen molar-refractivity contribution in [1.29, 1.82) is 0 Å². The Morgan fingerprint density at radius 2 is 2.06 bits per heavy atom. The maximum Gasteiger partial charge on any atom is 0.136 e. The number of aromatic nitrogens is 2. The summed E-state index contributed by atoms with van der Waals surface area (Å²) in [6, 6.07) is 3.97. The van der Waals surface area contributed by atoms with Gasteiger partial charge in [0.15, 0.2) is 0 Å². The van der Waals surface area contributed by atoms with Crippen LogP contribution < -0.4 is 10.6 Å². The van der Waals surface area contributed by atoms with E-state index < -0.39 is 0 Å². The highest BCUT2D eigenvalue weighted by atomic mass is 32.1. The maximum absolute atomic E-state index is 4.53. The first-order valence-corrected chi connectivity index (χ1v) is 7.05. The van der Waals surface area contributed by atoms with E-state index in [4.69, 9.17) is 0 Å². The van der Waals surface area contributed by atoms with E-state index in [1.807, 2.05) is 17.5 Å². The van der Waals surface area contributed by atoms with Crippen molar-refractivity contribution in [3.05, 3.63) is 28.7 Å². The Morgan fingerprint density at radius 3 is 2.67 bits per heavy atom. The lowest BCUT2D eigenvalue weighted by atomic mass is 10.2. The van der Waals surface area contributed by atoms with E-state index >= 15 is 0 Å². The van der Waals surface area contributed by atoms with Crippen molar-refractivity contribution in [2.45, 2.75) is 26.7 Å². The monoisotopic (exact) mass is 262 g/mol. The van der Waals surface area contributed by atoms with Crippen molar-refractivity contribution < 1.29 is 0 Å². The molecule has 0 spiro atoms. The first kappa shape index (κ1) is 12.8. The summed E-state index contributed by atoms with van der Waals surface area (Å²) in [5, 5.41) is 10.6. The minimum Gasteiger partial charge on any atom is -0.370 e. The minimum absolute atomic E-state index is 0.312. The summed E-state index contributed by atoms with van der Waals surface area (Å²) in [4.78, 5) is 9.02. The third kappa shape index (κ3) is 3.20. The van der Waals surface area contributed by atoms with Crippen LogP contribution in [0.25, 0.3) is 0 Å². The van der Waals surface area contributed by atoms with Gasteiger partial charge in [-0.2, -0.15) is 11.3 Å². The van der Waals surface area contributed by atoms with Crippen LogP contribution in [0.1, 0.15) is 32.5 Å². The Morgan fingerprint density at radius 1 is 1.28 bits per heavy atom. The quantitative estimate of drug-likeness (QED) is 0.859. The molecule has 0 aromatic carbocycles. The molecule has 0 bridgehead atoms. The molecule has 0 saturated carbocycles. The van der Waals surface area contributed by atoms with E-state index in [1.165, 1.54) is 0 Å². The second-order valence-electron chi connectivity index (χ2n) is 4.32. The number of thiophene rings is 1. The van der Waals surface area contributed by atoms with Gasteiger partial charge in [0.05, 0.1) is 5.69 Å². The number of hydrogen-bond donors (Lipinski definition) is 2. The first-order valence-electron chi connectivity index (χ1n) is 6.11. The number of nitrogens with zero attached hydrogens (tertiary/aromatic N) is 2. The van der Waals surface area contributed by atoms with E-state index in [9.17, 15) is 0 Å². The second-order valence-corrected chi connectivity index (χ2v) is 5.10. The molecule has 0 radical (unpaired) electrons. The van der Waals surface area contributed by atoms with Crippen molar-refractivity contribution in [1.82, 2.24) is 9.97 Å². The van der Waals surface area contributed by atoms with Gasteiger partial charge >= 0.3 is 0 Å². The molecule has 0 aliphatic carbocycles. The number of nitrogens with one attached hydrogen (secondary N) is 2. The van der Waals surface area contributed by atoms with Crippen LogP contribution in [0.2, 0.25) is 0 Å². The normalized spacial score (nSPS) is 10.7. The van der Waals surface area contributed by atoms with Gasteiger partial charge in [0, 0.05) is 23.9 Å². The summed E-state index contributed by atoms with van der Waals surface area (Å²) in [6.07, 6.45) is 0. The van der Waals surface area contributed by atoms with Crippen LogP contribution in [-0.2, 0) is 0 Å². The van der Waals surface area contributed by atoms with Gasteiger partial charge in [-0.05, 0) is 18.4 Å². The molecule has 0 atom stereocenters. The first-order chi connectivity index (χ1) is 8.69. The highest BCUT2D eigenvalue weighted by molar-refractivity contribution is 7.08. The molecule has 2 heterocycles. The molecule has 5 heteroatoms. The fourth-order valence-electron chi connectivity index (χ4n) is 1.54. The fraction of sp³-hybridized carbons (Fsp3) is 0.385. The highest BCUT2D eigenvalue weighted by Crippen LogP contribution is 2.21. The van der Waals surface area contributed by atoms with Crippen LogP contribution in [0.4, 0.5) is 17.3 Å². The summed E-state index contributed by atoms with van der Waals surface area (Å²) < 4.78 is 0. The third-order valence-electron chi connectivity index (χ3n) is 2.41. The molecule has 2 aromatic heterocycles. The van der Waals surface area contributed by atoms with Crippen LogP contribution in [0.15, 0.2) is 22.9 Å². The van der Waals surface area contributed by atoms with Gasteiger partial charge in [-0.1, -0.05) is 13.8 Å². The Hall–Kier alpha value is -1.62. The summed E-state index contributed by atoms with van der Waals surface area (Å²) >= 11 is 1.66. The third-order valence-corrected chi connectivity index (χ3v) is 3.09. The lowest BCUT2D eigenvalue weighted by Gasteiger charge is -2.11.